The Balaban J connectivity index is 1.56. The Morgan fingerprint density at radius 3 is 2.62 bits per heavy atom. The minimum absolute atomic E-state index is 0.0437. The van der Waals surface area contributed by atoms with E-state index in [2.05, 4.69) is 20.8 Å². The van der Waals surface area contributed by atoms with Crippen molar-refractivity contribution in [3.63, 3.8) is 0 Å². The van der Waals surface area contributed by atoms with E-state index in [0.717, 1.165) is 6.42 Å². The molecule has 0 amide bonds. The van der Waals surface area contributed by atoms with Crippen molar-refractivity contribution in [1.29, 1.82) is 0 Å². The van der Waals surface area contributed by atoms with E-state index < -0.39 is 18.4 Å². The minimum atomic E-state index is -1.08. The highest BCUT2D eigenvalue weighted by molar-refractivity contribution is 6.60. The summed E-state index contributed by atoms with van der Waals surface area (Å²) < 4.78 is 23.4. The molecule has 1 aromatic rings. The van der Waals surface area contributed by atoms with Crippen LogP contribution in [0.15, 0.2) is 12.1 Å². The molecule has 158 valence electrons. The molecule has 4 fully saturated rings. The molecular formula is C21H28BClO6. The van der Waals surface area contributed by atoms with Gasteiger partial charge in [-0.1, -0.05) is 13.8 Å². The van der Waals surface area contributed by atoms with E-state index in [1.54, 1.807) is 6.07 Å². The van der Waals surface area contributed by atoms with Gasteiger partial charge in [0, 0.05) is 0 Å². The second kappa shape index (κ2) is 7.07. The lowest BCUT2D eigenvalue weighted by Crippen LogP contribution is -2.65. The van der Waals surface area contributed by atoms with Crippen LogP contribution < -0.4 is 9.47 Å². The van der Waals surface area contributed by atoms with Gasteiger partial charge in [-0.3, -0.25) is 0 Å². The van der Waals surface area contributed by atoms with Gasteiger partial charge in [-0.2, -0.15) is 0 Å². The molecule has 0 spiro atoms. The van der Waals surface area contributed by atoms with Gasteiger partial charge in [0.25, 0.3) is 0 Å². The highest BCUT2D eigenvalue weighted by atomic mass is 35.5. The standard InChI is InChI=1S/C21H28BClO6/c1-20(2)12-8-15(20)21(3)16(9-12)28-22(29-21)17(23)7-11-6-13(26-4)10-14(19(24)25)18(11)27-5/h6,10,12,15-17H,7-9H2,1-5H3,(H,24,25)/t12?,15-,16?,17+,21-/m0/s1. The molecule has 1 N–H and O–H groups in total. The van der Waals surface area contributed by atoms with Gasteiger partial charge in [-0.15, -0.1) is 11.6 Å². The van der Waals surface area contributed by atoms with Crippen LogP contribution >= 0.6 is 11.6 Å². The quantitative estimate of drug-likeness (QED) is 0.555. The number of carboxylic acid groups (broad SMARTS) is 1. The lowest BCUT2D eigenvalue weighted by atomic mass is 9.43. The van der Waals surface area contributed by atoms with E-state index in [4.69, 9.17) is 30.4 Å². The summed E-state index contributed by atoms with van der Waals surface area (Å²) in [6.07, 6.45) is 2.56. The molecule has 5 atom stereocenters. The van der Waals surface area contributed by atoms with Crippen molar-refractivity contribution in [1.82, 2.24) is 0 Å². The van der Waals surface area contributed by atoms with E-state index in [1.165, 1.54) is 26.7 Å². The van der Waals surface area contributed by atoms with Crippen LogP contribution in [0.5, 0.6) is 11.5 Å². The summed E-state index contributed by atoms with van der Waals surface area (Å²) in [4.78, 5) is 11.6. The van der Waals surface area contributed by atoms with Crippen molar-refractivity contribution in [2.24, 2.45) is 17.3 Å². The van der Waals surface area contributed by atoms with Crippen LogP contribution in [0.25, 0.3) is 0 Å². The maximum atomic E-state index is 11.6. The smallest absolute Gasteiger partial charge is 0.477 e. The summed E-state index contributed by atoms with van der Waals surface area (Å²) in [7, 11) is 2.40. The number of alkyl halides is 1. The number of aromatic carboxylic acids is 1. The molecule has 29 heavy (non-hydrogen) atoms. The molecule has 1 saturated heterocycles. The number of carboxylic acids is 1. The van der Waals surface area contributed by atoms with Crippen LogP contribution in [-0.4, -0.2) is 49.4 Å². The van der Waals surface area contributed by atoms with Crippen LogP contribution in [0, 0.1) is 17.3 Å². The van der Waals surface area contributed by atoms with E-state index in [-0.39, 0.29) is 28.4 Å². The molecule has 4 aliphatic rings. The first-order valence-electron chi connectivity index (χ1n) is 10.1. The SMILES string of the molecule is COc1cc(C[C@@H](Cl)B2OC3CC4C[C@@H](C4(C)C)[C@]3(C)O2)c(OC)c(C(=O)O)c1. The van der Waals surface area contributed by atoms with Crippen LogP contribution in [0.2, 0.25) is 0 Å². The van der Waals surface area contributed by atoms with Gasteiger partial charge < -0.3 is 23.9 Å². The van der Waals surface area contributed by atoms with Crippen LogP contribution in [0.4, 0.5) is 0 Å². The van der Waals surface area contributed by atoms with Crippen LogP contribution in [-0.2, 0) is 15.7 Å². The topological polar surface area (TPSA) is 74.2 Å². The molecule has 3 aliphatic carbocycles. The van der Waals surface area contributed by atoms with Crippen molar-refractivity contribution >= 4 is 24.7 Å². The number of methoxy groups -OCH3 is 2. The molecule has 5 rings (SSSR count). The van der Waals surface area contributed by atoms with Crippen molar-refractivity contribution < 1.29 is 28.7 Å². The predicted octanol–water partition coefficient (Wildman–Crippen LogP) is 3.82. The van der Waals surface area contributed by atoms with Gasteiger partial charge in [-0.25, -0.2) is 4.79 Å². The van der Waals surface area contributed by atoms with E-state index in [0.29, 0.717) is 29.6 Å². The second-order valence-corrected chi connectivity index (χ2v) is 9.79. The summed E-state index contributed by atoms with van der Waals surface area (Å²) in [6.45, 7) is 6.78. The van der Waals surface area contributed by atoms with E-state index >= 15 is 0 Å². The Morgan fingerprint density at radius 1 is 1.31 bits per heavy atom. The molecule has 0 aromatic heterocycles. The zero-order valence-corrected chi connectivity index (χ0v) is 18.3. The fourth-order valence-corrected chi connectivity index (χ4v) is 5.97. The largest absolute Gasteiger partial charge is 0.497 e. The molecule has 1 aromatic carbocycles. The molecule has 6 nitrogen and oxygen atoms in total. The number of halogens is 1. The third-order valence-electron chi connectivity index (χ3n) is 7.49. The molecule has 1 heterocycles. The van der Waals surface area contributed by atoms with E-state index in [9.17, 15) is 9.90 Å². The van der Waals surface area contributed by atoms with Crippen molar-refractivity contribution in [2.75, 3.05) is 14.2 Å². The Hall–Kier alpha value is -1.44. The number of hydrogen-bond acceptors (Lipinski definition) is 5. The Labute approximate surface area is 176 Å². The summed E-state index contributed by atoms with van der Waals surface area (Å²) in [5, 5.41) is 9.04. The number of ether oxygens (including phenoxy) is 2. The zero-order chi connectivity index (χ0) is 21.1. The van der Waals surface area contributed by atoms with Gasteiger partial charge in [0.15, 0.2) is 0 Å². The summed E-state index contributed by atoms with van der Waals surface area (Å²) in [5.41, 5.74) is 0.627. The maximum Gasteiger partial charge on any atom is 0.477 e. The average Bonchev–Trinajstić information content (AvgIpc) is 3.04. The lowest BCUT2D eigenvalue weighted by molar-refractivity contribution is -0.199. The molecule has 2 unspecified atom stereocenters. The highest BCUT2D eigenvalue weighted by Gasteiger charge is 2.68. The van der Waals surface area contributed by atoms with Gasteiger partial charge in [0.2, 0.25) is 0 Å². The van der Waals surface area contributed by atoms with Gasteiger partial charge in [0.1, 0.15) is 17.1 Å². The second-order valence-electron chi connectivity index (χ2n) is 9.23. The molecule has 8 heteroatoms. The fourth-order valence-electron chi connectivity index (χ4n) is 5.69. The number of carbonyl (C=O) groups is 1. The van der Waals surface area contributed by atoms with Crippen LogP contribution in [0.1, 0.15) is 49.5 Å². The number of benzene rings is 1. The lowest BCUT2D eigenvalue weighted by Gasteiger charge is -2.64. The van der Waals surface area contributed by atoms with Gasteiger partial charge >= 0.3 is 13.1 Å². The fraction of sp³-hybridized carbons (Fsp3) is 0.667. The third kappa shape index (κ3) is 3.13. The first kappa shape index (κ1) is 20.8. The maximum absolute atomic E-state index is 11.6. The Morgan fingerprint density at radius 2 is 2.03 bits per heavy atom. The average molecular weight is 423 g/mol. The third-order valence-corrected chi connectivity index (χ3v) is 7.85. The van der Waals surface area contributed by atoms with Crippen LogP contribution in [0.3, 0.4) is 0 Å². The van der Waals surface area contributed by atoms with Crippen molar-refractivity contribution in [3.05, 3.63) is 23.3 Å². The van der Waals surface area contributed by atoms with Gasteiger partial charge in [-0.05, 0) is 61.1 Å². The Bertz CT molecular complexity index is 830. The number of rotatable bonds is 6. The summed E-state index contributed by atoms with van der Waals surface area (Å²) >= 11 is 6.74. The molecule has 0 radical (unpaired) electrons. The Kier molecular flexibility index (Phi) is 5.07. The van der Waals surface area contributed by atoms with Gasteiger partial charge in [0.05, 0.1) is 31.2 Å². The van der Waals surface area contributed by atoms with Crippen molar-refractivity contribution in [3.8, 4) is 11.5 Å². The number of hydrogen-bond donors (Lipinski definition) is 1. The minimum Gasteiger partial charge on any atom is -0.497 e. The zero-order valence-electron chi connectivity index (χ0n) is 17.5. The first-order valence-corrected chi connectivity index (χ1v) is 10.5. The normalized spacial score (nSPS) is 32.9. The molecule has 2 bridgehead atoms. The first-order chi connectivity index (χ1) is 13.6. The molecule has 1 aliphatic heterocycles. The van der Waals surface area contributed by atoms with Crippen molar-refractivity contribution in [2.45, 2.75) is 57.0 Å². The monoisotopic (exact) mass is 422 g/mol. The highest BCUT2D eigenvalue weighted by Crippen LogP contribution is 2.65. The predicted molar refractivity (Wildman–Crippen MR) is 110 cm³/mol. The molecule has 3 saturated carbocycles. The summed E-state index contributed by atoms with van der Waals surface area (Å²) in [6, 6.07) is 3.20. The van der Waals surface area contributed by atoms with E-state index in [1.807, 2.05) is 0 Å². The molecular weight excluding hydrogens is 394 g/mol. The summed E-state index contributed by atoms with van der Waals surface area (Å²) in [5.74, 6) is 0.769.